The van der Waals surface area contributed by atoms with Crippen molar-refractivity contribution in [3.05, 3.63) is 37.5 Å². The summed E-state index contributed by atoms with van der Waals surface area (Å²) in [5, 5.41) is 28.2. The fourth-order valence-electron chi connectivity index (χ4n) is 3.48. The molecule has 9 heteroatoms. The van der Waals surface area contributed by atoms with Crippen LogP contribution in [0, 0.1) is 18.3 Å². The zero-order valence-electron chi connectivity index (χ0n) is 16.6. The van der Waals surface area contributed by atoms with Crippen LogP contribution in [0.2, 0.25) is 0 Å². The SMILES string of the molecule is CCOC(=O)c1c(N=Nc2c(C)c(C#N)c(O)n(CC)c2=O)sc2c1CCCC2. The first-order valence-corrected chi connectivity index (χ1v) is 10.4. The number of aromatic hydroxyl groups is 1. The van der Waals surface area contributed by atoms with Gasteiger partial charge in [0.2, 0.25) is 5.88 Å². The number of rotatable bonds is 5. The van der Waals surface area contributed by atoms with E-state index in [0.717, 1.165) is 40.7 Å². The summed E-state index contributed by atoms with van der Waals surface area (Å²) in [6.45, 7) is 5.41. The highest BCUT2D eigenvalue weighted by Crippen LogP contribution is 2.41. The van der Waals surface area contributed by atoms with Gasteiger partial charge in [0, 0.05) is 17.0 Å². The average molecular weight is 414 g/mol. The van der Waals surface area contributed by atoms with Crippen LogP contribution in [0.25, 0.3) is 0 Å². The molecule has 0 saturated heterocycles. The van der Waals surface area contributed by atoms with Gasteiger partial charge in [-0.2, -0.15) is 5.26 Å². The van der Waals surface area contributed by atoms with Gasteiger partial charge < -0.3 is 9.84 Å². The van der Waals surface area contributed by atoms with Crippen LogP contribution in [-0.4, -0.2) is 22.2 Å². The number of esters is 1. The van der Waals surface area contributed by atoms with Gasteiger partial charge in [-0.1, -0.05) is 0 Å². The summed E-state index contributed by atoms with van der Waals surface area (Å²) in [5.74, 6) is -0.817. The van der Waals surface area contributed by atoms with Crippen LogP contribution < -0.4 is 5.56 Å². The first kappa shape index (κ1) is 20.7. The number of hydrogen-bond donors (Lipinski definition) is 1. The van der Waals surface area contributed by atoms with Crippen LogP contribution in [0.15, 0.2) is 15.0 Å². The summed E-state index contributed by atoms with van der Waals surface area (Å²) in [7, 11) is 0. The van der Waals surface area contributed by atoms with Crippen molar-refractivity contribution in [3.63, 3.8) is 0 Å². The van der Waals surface area contributed by atoms with Crippen LogP contribution in [0.1, 0.15) is 58.6 Å². The Balaban J connectivity index is 2.14. The maximum absolute atomic E-state index is 12.7. The molecule has 0 atom stereocenters. The number of carbonyl (C=O) groups excluding carboxylic acids is 1. The Morgan fingerprint density at radius 1 is 1.31 bits per heavy atom. The quantitative estimate of drug-likeness (QED) is 0.579. The Bertz CT molecular complexity index is 1090. The molecule has 0 spiro atoms. The Hall–Kier alpha value is -2.99. The molecule has 1 N–H and O–H groups in total. The van der Waals surface area contributed by atoms with E-state index in [0.29, 0.717) is 10.6 Å². The molecule has 1 aliphatic carbocycles. The van der Waals surface area contributed by atoms with E-state index >= 15 is 0 Å². The highest BCUT2D eigenvalue weighted by atomic mass is 32.1. The summed E-state index contributed by atoms with van der Waals surface area (Å²) in [6, 6.07) is 1.91. The molecule has 29 heavy (non-hydrogen) atoms. The zero-order chi connectivity index (χ0) is 21.1. The second-order valence-corrected chi connectivity index (χ2v) is 7.73. The number of pyridine rings is 1. The van der Waals surface area contributed by atoms with Gasteiger partial charge in [-0.25, -0.2) is 4.79 Å². The third kappa shape index (κ3) is 3.68. The molecule has 0 amide bonds. The maximum atomic E-state index is 12.7. The van der Waals surface area contributed by atoms with E-state index in [4.69, 9.17) is 4.74 Å². The predicted molar refractivity (Wildman–Crippen MR) is 109 cm³/mol. The monoisotopic (exact) mass is 414 g/mol. The number of hydrogen-bond acceptors (Lipinski definition) is 8. The third-order valence-corrected chi connectivity index (χ3v) is 6.13. The molecule has 1 aliphatic rings. The summed E-state index contributed by atoms with van der Waals surface area (Å²) >= 11 is 1.39. The number of azo groups is 1. The van der Waals surface area contributed by atoms with Gasteiger partial charge in [-0.05, 0) is 52.0 Å². The minimum atomic E-state index is -0.538. The number of fused-ring (bicyclic) bond motifs is 1. The fourth-order valence-corrected chi connectivity index (χ4v) is 4.68. The van der Waals surface area contributed by atoms with Crippen LogP contribution >= 0.6 is 11.3 Å². The number of aryl methyl sites for hydroxylation is 1. The van der Waals surface area contributed by atoms with E-state index in [1.807, 2.05) is 6.07 Å². The first-order chi connectivity index (χ1) is 13.9. The van der Waals surface area contributed by atoms with Crippen molar-refractivity contribution in [2.45, 2.75) is 53.0 Å². The molecule has 2 aromatic heterocycles. The van der Waals surface area contributed by atoms with E-state index in [2.05, 4.69) is 10.2 Å². The molecule has 0 fully saturated rings. The van der Waals surface area contributed by atoms with E-state index in [1.54, 1.807) is 20.8 Å². The van der Waals surface area contributed by atoms with Gasteiger partial charge in [0.05, 0.1) is 6.61 Å². The molecular weight excluding hydrogens is 392 g/mol. The molecule has 0 saturated carbocycles. The Kier molecular flexibility index (Phi) is 6.13. The van der Waals surface area contributed by atoms with Crippen LogP contribution in [0.5, 0.6) is 5.88 Å². The highest BCUT2D eigenvalue weighted by Gasteiger charge is 2.27. The molecule has 2 heterocycles. The van der Waals surface area contributed by atoms with Crippen molar-refractivity contribution in [3.8, 4) is 11.9 Å². The van der Waals surface area contributed by atoms with Crippen molar-refractivity contribution in [1.82, 2.24) is 4.57 Å². The molecule has 2 aromatic rings. The van der Waals surface area contributed by atoms with Crippen molar-refractivity contribution in [2.75, 3.05) is 6.61 Å². The normalized spacial score (nSPS) is 13.3. The lowest BCUT2D eigenvalue weighted by molar-refractivity contribution is 0.0526. The topological polar surface area (TPSA) is 117 Å². The minimum Gasteiger partial charge on any atom is -0.493 e. The van der Waals surface area contributed by atoms with E-state index < -0.39 is 11.5 Å². The number of thiophene rings is 1. The van der Waals surface area contributed by atoms with Crippen molar-refractivity contribution < 1.29 is 14.6 Å². The largest absolute Gasteiger partial charge is 0.493 e. The van der Waals surface area contributed by atoms with Crippen LogP contribution in [-0.2, 0) is 24.1 Å². The maximum Gasteiger partial charge on any atom is 0.341 e. The Labute approximate surface area is 172 Å². The van der Waals surface area contributed by atoms with Gasteiger partial charge in [0.1, 0.15) is 17.2 Å². The lowest BCUT2D eigenvalue weighted by Crippen LogP contribution is -2.20. The summed E-state index contributed by atoms with van der Waals surface area (Å²) in [6.07, 6.45) is 3.71. The molecule has 0 unspecified atom stereocenters. The Morgan fingerprint density at radius 2 is 2.03 bits per heavy atom. The zero-order valence-corrected chi connectivity index (χ0v) is 17.4. The van der Waals surface area contributed by atoms with Gasteiger partial charge in [0.15, 0.2) is 10.7 Å². The molecule has 0 bridgehead atoms. The van der Waals surface area contributed by atoms with E-state index in [1.165, 1.54) is 11.3 Å². The van der Waals surface area contributed by atoms with Crippen molar-refractivity contribution in [2.24, 2.45) is 10.2 Å². The smallest absolute Gasteiger partial charge is 0.341 e. The second kappa shape index (κ2) is 8.57. The van der Waals surface area contributed by atoms with Crippen LogP contribution in [0.3, 0.4) is 0 Å². The van der Waals surface area contributed by atoms with Crippen LogP contribution in [0.4, 0.5) is 10.7 Å². The number of carbonyl (C=O) groups is 1. The van der Waals surface area contributed by atoms with Crippen molar-refractivity contribution in [1.29, 1.82) is 5.26 Å². The molecular formula is C20H22N4O4S. The summed E-state index contributed by atoms with van der Waals surface area (Å²) < 4.78 is 6.28. The molecule has 0 radical (unpaired) electrons. The van der Waals surface area contributed by atoms with E-state index in [-0.39, 0.29) is 35.8 Å². The molecule has 0 aromatic carbocycles. The standard InChI is InChI=1S/C20H22N4O4S/c1-4-24-18(25)13(10-21)11(3)16(19(24)26)22-23-17-15(20(27)28-5-2)12-8-6-7-9-14(12)29-17/h25H,4-9H2,1-3H3. The number of nitrogens with zero attached hydrogens (tertiary/aromatic N) is 4. The summed E-state index contributed by atoms with van der Waals surface area (Å²) in [5.41, 5.74) is 1.05. The summed E-state index contributed by atoms with van der Waals surface area (Å²) in [4.78, 5) is 26.3. The molecule has 0 aliphatic heterocycles. The van der Waals surface area contributed by atoms with Crippen molar-refractivity contribution >= 4 is 28.0 Å². The Morgan fingerprint density at radius 3 is 2.69 bits per heavy atom. The molecule has 3 rings (SSSR count). The predicted octanol–water partition coefficient (Wildman–Crippen LogP) is 4.29. The number of ether oxygens (including phenoxy) is 1. The van der Waals surface area contributed by atoms with Gasteiger partial charge >= 0.3 is 5.97 Å². The lowest BCUT2D eigenvalue weighted by Gasteiger charge is -2.12. The molecule has 8 nitrogen and oxygen atoms in total. The highest BCUT2D eigenvalue weighted by molar-refractivity contribution is 7.16. The van der Waals surface area contributed by atoms with Gasteiger partial charge in [-0.15, -0.1) is 21.6 Å². The van der Waals surface area contributed by atoms with Gasteiger partial charge in [-0.3, -0.25) is 9.36 Å². The average Bonchev–Trinajstić information content (AvgIpc) is 3.07. The minimum absolute atomic E-state index is 0.0171. The fraction of sp³-hybridized carbons (Fsp3) is 0.450. The number of nitriles is 1. The molecule has 152 valence electrons. The van der Waals surface area contributed by atoms with E-state index in [9.17, 15) is 20.0 Å². The van der Waals surface area contributed by atoms with Gasteiger partial charge in [0.25, 0.3) is 5.56 Å². The lowest BCUT2D eigenvalue weighted by atomic mass is 9.95. The second-order valence-electron chi connectivity index (χ2n) is 6.64. The third-order valence-electron chi connectivity index (χ3n) is 4.96. The number of aromatic nitrogens is 1. The first-order valence-electron chi connectivity index (χ1n) is 9.54.